The van der Waals surface area contributed by atoms with Gasteiger partial charge in [0.15, 0.2) is 5.82 Å². The molecule has 0 atom stereocenters. The first-order chi connectivity index (χ1) is 10.8. The maximum Gasteiger partial charge on any atom is 0.263 e. The van der Waals surface area contributed by atoms with E-state index in [1.54, 1.807) is 19.5 Å². The minimum atomic E-state index is 0.130. The first-order valence-electron chi connectivity index (χ1n) is 7.22. The minimum Gasteiger partial charge on any atom is -0.478 e. The second-order valence-corrected chi connectivity index (χ2v) is 6.05. The summed E-state index contributed by atoms with van der Waals surface area (Å²) in [4.78, 5) is 23.4. The molecule has 1 fully saturated rings. The Labute approximate surface area is 133 Å². The van der Waals surface area contributed by atoms with E-state index in [1.807, 2.05) is 22.4 Å². The highest BCUT2D eigenvalue weighted by Crippen LogP contribution is 2.22. The van der Waals surface area contributed by atoms with E-state index in [0.717, 1.165) is 30.8 Å². The predicted molar refractivity (Wildman–Crippen MR) is 85.5 cm³/mol. The van der Waals surface area contributed by atoms with Crippen LogP contribution in [0.15, 0.2) is 29.9 Å². The molecule has 0 saturated carbocycles. The molecule has 116 valence electrons. The van der Waals surface area contributed by atoms with Gasteiger partial charge in [-0.1, -0.05) is 6.07 Å². The van der Waals surface area contributed by atoms with Crippen LogP contribution in [0.2, 0.25) is 0 Å². The van der Waals surface area contributed by atoms with E-state index in [1.165, 1.54) is 11.3 Å². The quantitative estimate of drug-likeness (QED) is 0.936. The van der Waals surface area contributed by atoms with Gasteiger partial charge in [-0.3, -0.25) is 4.79 Å². The summed E-state index contributed by atoms with van der Waals surface area (Å²) in [7, 11) is 1.58. The summed E-state index contributed by atoms with van der Waals surface area (Å²) in [6.45, 7) is 1.49. The van der Waals surface area contributed by atoms with Crippen LogP contribution in [0.4, 0.5) is 5.82 Å². The van der Waals surface area contributed by atoms with Gasteiger partial charge in [0, 0.05) is 31.5 Å². The largest absolute Gasteiger partial charge is 0.478 e. The number of thiophene rings is 1. The Hall–Kier alpha value is -2.15. The average molecular weight is 318 g/mol. The fraction of sp³-hybridized carbons (Fsp3) is 0.400. The van der Waals surface area contributed by atoms with Crippen molar-refractivity contribution >= 4 is 23.1 Å². The number of nitrogens with one attached hydrogen (secondary N) is 1. The van der Waals surface area contributed by atoms with Gasteiger partial charge in [0.25, 0.3) is 11.8 Å². The van der Waals surface area contributed by atoms with E-state index in [-0.39, 0.29) is 11.9 Å². The van der Waals surface area contributed by atoms with E-state index in [9.17, 15) is 4.79 Å². The zero-order valence-corrected chi connectivity index (χ0v) is 13.2. The van der Waals surface area contributed by atoms with Gasteiger partial charge < -0.3 is 15.0 Å². The fourth-order valence-corrected chi connectivity index (χ4v) is 3.24. The molecule has 1 saturated heterocycles. The lowest BCUT2D eigenvalue weighted by atomic mass is 10.0. The Morgan fingerprint density at radius 3 is 2.82 bits per heavy atom. The SMILES string of the molecule is COc1nccnc1NC1CCN(C(=O)c2cccs2)CC1. The van der Waals surface area contributed by atoms with E-state index in [0.29, 0.717) is 11.7 Å². The molecule has 0 radical (unpaired) electrons. The van der Waals surface area contributed by atoms with Crippen LogP contribution >= 0.6 is 11.3 Å². The van der Waals surface area contributed by atoms with Crippen molar-refractivity contribution in [3.05, 3.63) is 34.8 Å². The highest BCUT2D eigenvalue weighted by atomic mass is 32.1. The second kappa shape index (κ2) is 6.74. The number of likely N-dealkylation sites (tertiary alicyclic amines) is 1. The number of carbonyl (C=O) groups is 1. The molecule has 2 aromatic rings. The lowest BCUT2D eigenvalue weighted by molar-refractivity contribution is 0.0723. The van der Waals surface area contributed by atoms with Gasteiger partial charge in [-0.05, 0) is 24.3 Å². The lowest BCUT2D eigenvalue weighted by Crippen LogP contribution is -2.42. The van der Waals surface area contributed by atoms with Crippen molar-refractivity contribution in [1.82, 2.24) is 14.9 Å². The Morgan fingerprint density at radius 2 is 2.14 bits per heavy atom. The van der Waals surface area contributed by atoms with Crippen LogP contribution in [0.25, 0.3) is 0 Å². The first-order valence-corrected chi connectivity index (χ1v) is 8.10. The number of carbonyl (C=O) groups excluding carboxylic acids is 1. The summed E-state index contributed by atoms with van der Waals surface area (Å²) < 4.78 is 5.20. The molecule has 0 aromatic carbocycles. The topological polar surface area (TPSA) is 67.4 Å². The molecule has 1 aliphatic rings. The highest BCUT2D eigenvalue weighted by Gasteiger charge is 2.24. The van der Waals surface area contributed by atoms with Gasteiger partial charge in [-0.15, -0.1) is 11.3 Å². The van der Waals surface area contributed by atoms with Gasteiger partial charge in [0.05, 0.1) is 12.0 Å². The molecule has 1 N–H and O–H groups in total. The van der Waals surface area contributed by atoms with Gasteiger partial charge in [-0.25, -0.2) is 9.97 Å². The van der Waals surface area contributed by atoms with Crippen LogP contribution in [0.1, 0.15) is 22.5 Å². The van der Waals surface area contributed by atoms with Crippen molar-refractivity contribution in [2.75, 3.05) is 25.5 Å². The fourth-order valence-electron chi connectivity index (χ4n) is 2.55. The van der Waals surface area contributed by atoms with Crippen molar-refractivity contribution in [3.8, 4) is 5.88 Å². The highest BCUT2D eigenvalue weighted by molar-refractivity contribution is 7.12. The van der Waals surface area contributed by atoms with Crippen molar-refractivity contribution in [2.45, 2.75) is 18.9 Å². The number of methoxy groups -OCH3 is 1. The summed E-state index contributed by atoms with van der Waals surface area (Å²) in [6, 6.07) is 4.06. The van der Waals surface area contributed by atoms with Gasteiger partial charge in [0.2, 0.25) is 0 Å². The molecular weight excluding hydrogens is 300 g/mol. The first kappa shape index (κ1) is 14.8. The van der Waals surface area contributed by atoms with Crippen molar-refractivity contribution in [3.63, 3.8) is 0 Å². The van der Waals surface area contributed by atoms with Gasteiger partial charge in [0.1, 0.15) is 0 Å². The van der Waals surface area contributed by atoms with Gasteiger partial charge >= 0.3 is 0 Å². The lowest BCUT2D eigenvalue weighted by Gasteiger charge is -2.32. The molecule has 0 unspecified atom stereocenters. The molecule has 1 amide bonds. The Bertz CT molecular complexity index is 624. The van der Waals surface area contributed by atoms with Crippen LogP contribution in [0.3, 0.4) is 0 Å². The molecule has 2 aromatic heterocycles. The van der Waals surface area contributed by atoms with Crippen LogP contribution in [-0.2, 0) is 0 Å². The van der Waals surface area contributed by atoms with Crippen LogP contribution in [0.5, 0.6) is 5.88 Å². The summed E-state index contributed by atoms with van der Waals surface area (Å²) >= 11 is 1.49. The molecule has 1 aliphatic heterocycles. The number of ether oxygens (including phenoxy) is 1. The zero-order chi connectivity index (χ0) is 15.4. The Balaban J connectivity index is 1.57. The molecule has 0 aliphatic carbocycles. The summed E-state index contributed by atoms with van der Waals surface area (Å²) in [5, 5.41) is 5.29. The number of hydrogen-bond donors (Lipinski definition) is 1. The standard InChI is InChI=1S/C15H18N4O2S/c1-21-14-13(16-6-7-17-14)18-11-4-8-19(9-5-11)15(20)12-3-2-10-22-12/h2-3,6-7,10-11H,4-5,8-9H2,1H3,(H,16,18). The number of aromatic nitrogens is 2. The van der Waals surface area contributed by atoms with E-state index < -0.39 is 0 Å². The number of rotatable bonds is 4. The number of anilines is 1. The monoisotopic (exact) mass is 318 g/mol. The molecule has 6 nitrogen and oxygen atoms in total. The maximum absolute atomic E-state index is 12.3. The number of piperidine rings is 1. The third-order valence-corrected chi connectivity index (χ3v) is 4.57. The van der Waals surface area contributed by atoms with Crippen molar-refractivity contribution in [1.29, 1.82) is 0 Å². The van der Waals surface area contributed by atoms with Gasteiger partial charge in [-0.2, -0.15) is 0 Å². The molecule has 0 bridgehead atoms. The third-order valence-electron chi connectivity index (χ3n) is 3.71. The third kappa shape index (κ3) is 3.19. The summed E-state index contributed by atoms with van der Waals surface area (Å²) in [5.41, 5.74) is 0. The minimum absolute atomic E-state index is 0.130. The molecular formula is C15H18N4O2S. The van der Waals surface area contributed by atoms with E-state index in [2.05, 4.69) is 15.3 Å². The molecule has 3 heterocycles. The molecule has 0 spiro atoms. The van der Waals surface area contributed by atoms with Crippen LogP contribution in [0, 0.1) is 0 Å². The van der Waals surface area contributed by atoms with E-state index >= 15 is 0 Å². The molecule has 7 heteroatoms. The Morgan fingerprint density at radius 1 is 1.36 bits per heavy atom. The number of nitrogens with zero attached hydrogens (tertiary/aromatic N) is 3. The maximum atomic E-state index is 12.3. The predicted octanol–water partition coefficient (Wildman–Crippen LogP) is 2.26. The van der Waals surface area contributed by atoms with E-state index in [4.69, 9.17) is 4.74 Å². The summed E-state index contributed by atoms with van der Waals surface area (Å²) in [6.07, 6.45) is 5.01. The average Bonchev–Trinajstić information content (AvgIpc) is 3.10. The van der Waals surface area contributed by atoms with Crippen molar-refractivity contribution in [2.24, 2.45) is 0 Å². The molecule has 22 heavy (non-hydrogen) atoms. The second-order valence-electron chi connectivity index (χ2n) is 5.10. The van der Waals surface area contributed by atoms with Crippen LogP contribution in [-0.4, -0.2) is 47.0 Å². The summed E-state index contributed by atoms with van der Waals surface area (Å²) in [5.74, 6) is 1.29. The zero-order valence-electron chi connectivity index (χ0n) is 12.4. The number of hydrogen-bond acceptors (Lipinski definition) is 6. The smallest absolute Gasteiger partial charge is 0.263 e. The normalized spacial score (nSPS) is 15.6. The molecule has 3 rings (SSSR count). The van der Waals surface area contributed by atoms with Crippen LogP contribution < -0.4 is 10.1 Å². The number of amides is 1. The Kier molecular flexibility index (Phi) is 4.53. The van der Waals surface area contributed by atoms with Crippen molar-refractivity contribution < 1.29 is 9.53 Å².